The van der Waals surface area contributed by atoms with Gasteiger partial charge < -0.3 is 14.7 Å². The number of carbonyl (C=O) groups excluding carboxylic acids is 1. The Labute approximate surface area is 132 Å². The predicted octanol–water partition coefficient (Wildman–Crippen LogP) is 2.94. The minimum Gasteiger partial charge on any atom is -0.450 e. The zero-order valence-corrected chi connectivity index (χ0v) is 12.5. The summed E-state index contributed by atoms with van der Waals surface area (Å²) in [5.74, 6) is -1.42. The second-order valence-corrected chi connectivity index (χ2v) is 5.11. The van der Waals surface area contributed by atoms with Gasteiger partial charge in [-0.15, -0.1) is 0 Å². The Hall–Kier alpha value is -2.88. The normalized spacial score (nSPS) is 19.2. The third kappa shape index (κ3) is 2.52. The van der Waals surface area contributed by atoms with Crippen molar-refractivity contribution in [3.63, 3.8) is 0 Å². The van der Waals surface area contributed by atoms with Gasteiger partial charge in [0, 0.05) is 12.1 Å². The van der Waals surface area contributed by atoms with Crippen LogP contribution in [0.15, 0.2) is 30.4 Å². The van der Waals surface area contributed by atoms with Gasteiger partial charge >= 0.3 is 6.16 Å². The van der Waals surface area contributed by atoms with Crippen molar-refractivity contribution >= 4 is 17.7 Å². The number of carbonyl (C=O) groups is 2. The molecule has 1 N–H and O–H groups in total. The molecule has 0 fully saturated rings. The van der Waals surface area contributed by atoms with Crippen molar-refractivity contribution in [2.75, 3.05) is 11.4 Å². The van der Waals surface area contributed by atoms with E-state index >= 15 is 0 Å². The number of halogens is 1. The fourth-order valence-electron chi connectivity index (χ4n) is 2.64. The second-order valence-electron chi connectivity index (χ2n) is 5.11. The molecule has 23 heavy (non-hydrogen) atoms. The van der Waals surface area contributed by atoms with Crippen LogP contribution < -0.4 is 4.90 Å². The number of fused-ring (bicyclic) bond motifs is 1. The van der Waals surface area contributed by atoms with Crippen LogP contribution in [0.5, 0.6) is 0 Å². The topological polar surface area (TPSA) is 90.6 Å². The summed E-state index contributed by atoms with van der Waals surface area (Å²) in [6.45, 7) is 5.69. The molecule has 0 saturated carbocycles. The Bertz CT molecular complexity index is 725. The number of anilines is 1. The standard InChI is InChI=1S/C16H15FN2O4/c1-3-4-7-19-13-6-5-11(17)8-12(13)16(14(19)20,10(2)9-18)23-15(21)22/h5-6,8H,2-4,7H2,1H3,(H,21,22). The van der Waals surface area contributed by atoms with Crippen LogP contribution in [0.4, 0.5) is 14.9 Å². The third-order valence-corrected chi connectivity index (χ3v) is 3.71. The fraction of sp³-hybridized carbons (Fsp3) is 0.312. The molecule has 0 saturated heterocycles. The Morgan fingerprint density at radius 3 is 2.83 bits per heavy atom. The lowest BCUT2D eigenvalue weighted by Crippen LogP contribution is -2.45. The van der Waals surface area contributed by atoms with Crippen LogP contribution in [-0.4, -0.2) is 23.7 Å². The number of hydrogen-bond acceptors (Lipinski definition) is 4. The van der Waals surface area contributed by atoms with E-state index in [0.717, 1.165) is 18.6 Å². The third-order valence-electron chi connectivity index (χ3n) is 3.71. The zero-order chi connectivity index (χ0) is 17.2. The highest BCUT2D eigenvalue weighted by Gasteiger charge is 2.57. The summed E-state index contributed by atoms with van der Waals surface area (Å²) in [6, 6.07) is 5.21. The van der Waals surface area contributed by atoms with Gasteiger partial charge in [0.25, 0.3) is 11.5 Å². The highest BCUT2D eigenvalue weighted by Crippen LogP contribution is 2.47. The quantitative estimate of drug-likeness (QED) is 0.666. The van der Waals surface area contributed by atoms with E-state index in [2.05, 4.69) is 6.58 Å². The van der Waals surface area contributed by atoms with Gasteiger partial charge in [0.05, 0.1) is 17.3 Å². The van der Waals surface area contributed by atoms with Crippen molar-refractivity contribution in [2.24, 2.45) is 0 Å². The second kappa shape index (κ2) is 6.08. The Kier molecular flexibility index (Phi) is 4.36. The molecule has 1 unspecified atom stereocenters. The van der Waals surface area contributed by atoms with Crippen molar-refractivity contribution in [1.82, 2.24) is 0 Å². The van der Waals surface area contributed by atoms with E-state index in [4.69, 9.17) is 15.1 Å². The van der Waals surface area contributed by atoms with Gasteiger partial charge in [0.15, 0.2) is 0 Å². The van der Waals surface area contributed by atoms with Gasteiger partial charge in [-0.3, -0.25) is 4.79 Å². The van der Waals surface area contributed by atoms with E-state index in [0.29, 0.717) is 18.7 Å². The molecule has 120 valence electrons. The van der Waals surface area contributed by atoms with E-state index in [-0.39, 0.29) is 5.56 Å². The van der Waals surface area contributed by atoms with Crippen molar-refractivity contribution < 1.29 is 23.8 Å². The number of nitriles is 1. The van der Waals surface area contributed by atoms with Gasteiger partial charge in [-0.25, -0.2) is 9.18 Å². The molecule has 0 aromatic heterocycles. The van der Waals surface area contributed by atoms with Crippen LogP contribution >= 0.6 is 0 Å². The largest absolute Gasteiger partial charge is 0.507 e. The van der Waals surface area contributed by atoms with Gasteiger partial charge in [-0.05, 0) is 24.6 Å². The molecular weight excluding hydrogens is 303 g/mol. The van der Waals surface area contributed by atoms with E-state index in [9.17, 15) is 14.0 Å². The summed E-state index contributed by atoms with van der Waals surface area (Å²) in [5, 5.41) is 18.2. The van der Waals surface area contributed by atoms with Crippen LogP contribution in [0.2, 0.25) is 0 Å². The van der Waals surface area contributed by atoms with Crippen LogP contribution in [0, 0.1) is 17.1 Å². The molecule has 1 aromatic rings. The average Bonchev–Trinajstić information content (AvgIpc) is 2.73. The van der Waals surface area contributed by atoms with Crippen LogP contribution in [0.25, 0.3) is 0 Å². The molecule has 1 atom stereocenters. The Morgan fingerprint density at radius 1 is 1.57 bits per heavy atom. The van der Waals surface area contributed by atoms with Crippen LogP contribution in [0.1, 0.15) is 25.3 Å². The molecule has 0 aliphatic carbocycles. The number of nitrogens with zero attached hydrogens (tertiary/aromatic N) is 2. The maximum atomic E-state index is 13.7. The molecular formula is C16H15FN2O4. The van der Waals surface area contributed by atoms with Gasteiger partial charge in [-0.2, -0.15) is 5.26 Å². The number of hydrogen-bond donors (Lipinski definition) is 1. The SMILES string of the molecule is C=C(C#N)C1(OC(=O)O)C(=O)N(CCCC)c2ccc(F)cc21. The van der Waals surface area contributed by atoms with E-state index in [1.807, 2.05) is 6.92 Å². The summed E-state index contributed by atoms with van der Waals surface area (Å²) in [7, 11) is 0. The monoisotopic (exact) mass is 318 g/mol. The van der Waals surface area contributed by atoms with E-state index in [1.165, 1.54) is 11.0 Å². The number of ether oxygens (including phenoxy) is 1. The van der Waals surface area contributed by atoms with Gasteiger partial charge in [0.1, 0.15) is 5.82 Å². The summed E-state index contributed by atoms with van der Waals surface area (Å²) >= 11 is 0. The lowest BCUT2D eigenvalue weighted by Gasteiger charge is -2.26. The smallest absolute Gasteiger partial charge is 0.450 e. The summed E-state index contributed by atoms with van der Waals surface area (Å²) < 4.78 is 18.5. The minimum atomic E-state index is -2.23. The van der Waals surface area contributed by atoms with Gasteiger partial charge in [0.2, 0.25) is 0 Å². The lowest BCUT2D eigenvalue weighted by molar-refractivity contribution is -0.134. The molecule has 1 amide bonds. The number of carboxylic acid groups (broad SMARTS) is 1. The maximum Gasteiger partial charge on any atom is 0.507 e. The summed E-state index contributed by atoms with van der Waals surface area (Å²) in [5.41, 5.74) is -2.34. The molecule has 6 nitrogen and oxygen atoms in total. The first-order valence-electron chi connectivity index (χ1n) is 7.01. The Morgan fingerprint density at radius 2 is 2.26 bits per heavy atom. The molecule has 1 heterocycles. The first kappa shape index (κ1) is 16.5. The van der Waals surface area contributed by atoms with E-state index < -0.39 is 29.1 Å². The molecule has 1 aliphatic heterocycles. The molecule has 0 spiro atoms. The van der Waals surface area contributed by atoms with Crippen molar-refractivity contribution in [1.29, 1.82) is 5.26 Å². The molecule has 0 radical (unpaired) electrons. The maximum absolute atomic E-state index is 13.7. The first-order valence-corrected chi connectivity index (χ1v) is 7.01. The molecule has 1 aromatic carbocycles. The number of rotatable bonds is 5. The lowest BCUT2D eigenvalue weighted by atomic mass is 9.88. The fourth-order valence-corrected chi connectivity index (χ4v) is 2.64. The number of benzene rings is 1. The summed E-state index contributed by atoms with van der Waals surface area (Å²) in [4.78, 5) is 25.3. The van der Waals surface area contributed by atoms with E-state index in [1.54, 1.807) is 6.07 Å². The average molecular weight is 318 g/mol. The Balaban J connectivity index is 2.69. The molecule has 1 aliphatic rings. The highest BCUT2D eigenvalue weighted by molar-refractivity contribution is 6.10. The van der Waals surface area contributed by atoms with Crippen molar-refractivity contribution in [2.45, 2.75) is 25.4 Å². The minimum absolute atomic E-state index is 0.0208. The zero-order valence-electron chi connectivity index (χ0n) is 12.5. The van der Waals surface area contributed by atoms with Gasteiger partial charge in [-0.1, -0.05) is 19.9 Å². The molecule has 0 bridgehead atoms. The predicted molar refractivity (Wildman–Crippen MR) is 79.2 cm³/mol. The molecule has 2 rings (SSSR count). The van der Waals surface area contributed by atoms with Crippen LogP contribution in [0.3, 0.4) is 0 Å². The highest BCUT2D eigenvalue weighted by atomic mass is 19.1. The molecule has 7 heteroatoms. The van der Waals surface area contributed by atoms with Crippen molar-refractivity contribution in [3.05, 3.63) is 41.7 Å². The first-order chi connectivity index (χ1) is 10.9. The number of amides is 1. The van der Waals surface area contributed by atoms with Crippen molar-refractivity contribution in [3.8, 4) is 6.07 Å². The van der Waals surface area contributed by atoms with Crippen LogP contribution in [-0.2, 0) is 15.1 Å². The summed E-state index contributed by atoms with van der Waals surface area (Å²) in [6.07, 6.45) is -0.292. The number of unbranched alkanes of at least 4 members (excludes halogenated alkanes) is 1.